The van der Waals surface area contributed by atoms with Gasteiger partial charge in [0.1, 0.15) is 0 Å². The van der Waals surface area contributed by atoms with Crippen LogP contribution in [0.4, 0.5) is 0 Å². The highest BCUT2D eigenvalue weighted by atomic mass is 15.2. The minimum Gasteiger partial charge on any atom is -0.309 e. The molecule has 1 fully saturated rings. The van der Waals surface area contributed by atoms with Gasteiger partial charge in [-0.3, -0.25) is 4.90 Å². The van der Waals surface area contributed by atoms with E-state index in [4.69, 9.17) is 0 Å². The van der Waals surface area contributed by atoms with E-state index in [0.717, 1.165) is 6.54 Å². The molecular weight excluding hydrogens is 196 g/mol. The Bertz CT molecular complexity index is 189. The number of piperazine rings is 1. The highest BCUT2D eigenvalue weighted by molar-refractivity contribution is 4.90. The number of rotatable bonds is 6. The fourth-order valence-electron chi connectivity index (χ4n) is 2.49. The Morgan fingerprint density at radius 1 is 1.19 bits per heavy atom. The lowest BCUT2D eigenvalue weighted by molar-refractivity contribution is 0.103. The summed E-state index contributed by atoms with van der Waals surface area (Å²) in [7, 11) is 0. The molecule has 0 aromatic heterocycles. The van der Waals surface area contributed by atoms with Crippen molar-refractivity contribution in [2.24, 2.45) is 0 Å². The molecule has 0 aromatic rings. The maximum Gasteiger partial charge on any atom is 0.0252 e. The Kier molecular flexibility index (Phi) is 5.77. The first kappa shape index (κ1) is 14.0. The zero-order chi connectivity index (χ0) is 12.0. The lowest BCUT2D eigenvalue weighted by Crippen LogP contribution is -2.60. The molecule has 0 saturated carbocycles. The molecule has 1 unspecified atom stereocenters. The third kappa shape index (κ3) is 4.84. The molecule has 1 atom stereocenters. The molecule has 2 nitrogen and oxygen atoms in total. The van der Waals surface area contributed by atoms with Gasteiger partial charge in [0.25, 0.3) is 0 Å². The molecule has 0 radical (unpaired) electrons. The van der Waals surface area contributed by atoms with Crippen LogP contribution in [0, 0.1) is 0 Å². The van der Waals surface area contributed by atoms with Crippen LogP contribution in [0.2, 0.25) is 0 Å². The number of nitrogens with one attached hydrogen (secondary N) is 1. The minimum absolute atomic E-state index is 0.302. The second-order valence-electron chi connectivity index (χ2n) is 6.00. The Hall–Kier alpha value is -0.0800. The van der Waals surface area contributed by atoms with Gasteiger partial charge in [0.2, 0.25) is 0 Å². The third-order valence-corrected chi connectivity index (χ3v) is 3.65. The minimum atomic E-state index is 0.302. The van der Waals surface area contributed by atoms with Crippen LogP contribution < -0.4 is 5.32 Å². The lowest BCUT2D eigenvalue weighted by atomic mass is 9.99. The average Bonchev–Trinajstić information content (AvgIpc) is 2.23. The normalized spacial score (nSPS) is 25.9. The molecule has 2 heteroatoms. The van der Waals surface area contributed by atoms with E-state index >= 15 is 0 Å². The summed E-state index contributed by atoms with van der Waals surface area (Å²) >= 11 is 0. The summed E-state index contributed by atoms with van der Waals surface area (Å²) in [5, 5.41) is 3.61. The smallest absolute Gasteiger partial charge is 0.0252 e. The number of hydrogen-bond donors (Lipinski definition) is 1. The van der Waals surface area contributed by atoms with E-state index in [0.29, 0.717) is 11.6 Å². The Morgan fingerprint density at radius 2 is 1.88 bits per heavy atom. The SMILES string of the molecule is CCCCCCCN1CC(C)(C)NCC1C. The van der Waals surface area contributed by atoms with Gasteiger partial charge in [-0.1, -0.05) is 32.6 Å². The Labute approximate surface area is 102 Å². The van der Waals surface area contributed by atoms with Gasteiger partial charge in [0.15, 0.2) is 0 Å². The fourth-order valence-corrected chi connectivity index (χ4v) is 2.49. The van der Waals surface area contributed by atoms with Crippen molar-refractivity contribution in [1.29, 1.82) is 0 Å². The summed E-state index contributed by atoms with van der Waals surface area (Å²) in [6.45, 7) is 12.9. The molecule has 0 aliphatic carbocycles. The van der Waals surface area contributed by atoms with Crippen LogP contribution in [0.25, 0.3) is 0 Å². The summed E-state index contributed by atoms with van der Waals surface area (Å²) in [5.41, 5.74) is 0.302. The van der Waals surface area contributed by atoms with Gasteiger partial charge in [0.05, 0.1) is 0 Å². The van der Waals surface area contributed by atoms with Crippen molar-refractivity contribution >= 4 is 0 Å². The summed E-state index contributed by atoms with van der Waals surface area (Å²) in [6.07, 6.45) is 6.95. The van der Waals surface area contributed by atoms with Crippen LogP contribution in [0.15, 0.2) is 0 Å². The average molecular weight is 226 g/mol. The lowest BCUT2D eigenvalue weighted by Gasteiger charge is -2.43. The molecule has 0 aromatic carbocycles. The van der Waals surface area contributed by atoms with Gasteiger partial charge >= 0.3 is 0 Å². The Balaban J connectivity index is 2.18. The van der Waals surface area contributed by atoms with E-state index in [1.54, 1.807) is 0 Å². The molecule has 1 rings (SSSR count). The predicted molar refractivity (Wildman–Crippen MR) is 71.9 cm³/mol. The molecule has 0 spiro atoms. The van der Waals surface area contributed by atoms with Gasteiger partial charge in [-0.05, 0) is 33.7 Å². The van der Waals surface area contributed by atoms with Crippen molar-refractivity contribution < 1.29 is 0 Å². The van der Waals surface area contributed by atoms with Gasteiger partial charge in [-0.2, -0.15) is 0 Å². The highest BCUT2D eigenvalue weighted by Gasteiger charge is 2.29. The van der Waals surface area contributed by atoms with E-state index in [2.05, 4.69) is 37.9 Å². The van der Waals surface area contributed by atoms with Crippen LogP contribution in [0.5, 0.6) is 0 Å². The van der Waals surface area contributed by atoms with E-state index in [9.17, 15) is 0 Å². The standard InChI is InChI=1S/C14H30N2/c1-5-6-7-8-9-10-16-12-14(3,4)15-11-13(16)2/h13,15H,5-12H2,1-4H3. The quantitative estimate of drug-likeness (QED) is 0.700. The molecule has 1 N–H and O–H groups in total. The molecule has 96 valence electrons. The topological polar surface area (TPSA) is 15.3 Å². The van der Waals surface area contributed by atoms with Crippen LogP contribution in [0.1, 0.15) is 59.8 Å². The summed E-state index contributed by atoms with van der Waals surface area (Å²) < 4.78 is 0. The van der Waals surface area contributed by atoms with Crippen LogP contribution in [-0.2, 0) is 0 Å². The van der Waals surface area contributed by atoms with Crippen molar-refractivity contribution in [3.63, 3.8) is 0 Å². The van der Waals surface area contributed by atoms with Crippen molar-refractivity contribution in [3.8, 4) is 0 Å². The van der Waals surface area contributed by atoms with E-state index < -0.39 is 0 Å². The van der Waals surface area contributed by atoms with Gasteiger partial charge in [-0.15, -0.1) is 0 Å². The highest BCUT2D eigenvalue weighted by Crippen LogP contribution is 2.16. The maximum absolute atomic E-state index is 3.61. The largest absolute Gasteiger partial charge is 0.309 e. The number of nitrogens with zero attached hydrogens (tertiary/aromatic N) is 1. The van der Waals surface area contributed by atoms with Crippen LogP contribution in [-0.4, -0.2) is 36.1 Å². The first-order valence-electron chi connectivity index (χ1n) is 7.04. The fraction of sp³-hybridized carbons (Fsp3) is 1.00. The Morgan fingerprint density at radius 3 is 2.56 bits per heavy atom. The van der Waals surface area contributed by atoms with Crippen molar-refractivity contribution in [1.82, 2.24) is 10.2 Å². The molecule has 1 heterocycles. The molecule has 1 aliphatic rings. The summed E-state index contributed by atoms with van der Waals surface area (Å²) in [5.74, 6) is 0. The predicted octanol–water partition coefficient (Wildman–Crippen LogP) is 3.03. The molecule has 1 aliphatic heterocycles. The molecule has 0 bridgehead atoms. The van der Waals surface area contributed by atoms with Crippen molar-refractivity contribution in [2.75, 3.05) is 19.6 Å². The van der Waals surface area contributed by atoms with E-state index in [1.165, 1.54) is 45.2 Å². The summed E-state index contributed by atoms with van der Waals surface area (Å²) in [4.78, 5) is 2.66. The number of unbranched alkanes of at least 4 members (excludes halogenated alkanes) is 4. The van der Waals surface area contributed by atoms with Crippen LogP contribution in [0.3, 0.4) is 0 Å². The van der Waals surface area contributed by atoms with E-state index in [-0.39, 0.29) is 0 Å². The monoisotopic (exact) mass is 226 g/mol. The zero-order valence-corrected chi connectivity index (χ0v) is 11.7. The molecule has 1 saturated heterocycles. The second kappa shape index (κ2) is 6.61. The molecule has 16 heavy (non-hydrogen) atoms. The summed E-state index contributed by atoms with van der Waals surface area (Å²) in [6, 6.07) is 0.708. The molecular formula is C14H30N2. The van der Waals surface area contributed by atoms with Crippen molar-refractivity contribution in [2.45, 2.75) is 71.4 Å². The first-order valence-corrected chi connectivity index (χ1v) is 7.04. The second-order valence-corrected chi connectivity index (χ2v) is 6.00. The third-order valence-electron chi connectivity index (χ3n) is 3.65. The molecule has 0 amide bonds. The van der Waals surface area contributed by atoms with Gasteiger partial charge in [0, 0.05) is 24.7 Å². The van der Waals surface area contributed by atoms with Crippen molar-refractivity contribution in [3.05, 3.63) is 0 Å². The first-order chi connectivity index (χ1) is 7.55. The number of hydrogen-bond acceptors (Lipinski definition) is 2. The maximum atomic E-state index is 3.61. The van der Waals surface area contributed by atoms with Crippen LogP contribution >= 0.6 is 0 Å². The van der Waals surface area contributed by atoms with E-state index in [1.807, 2.05) is 0 Å². The van der Waals surface area contributed by atoms with Gasteiger partial charge < -0.3 is 5.32 Å². The zero-order valence-electron chi connectivity index (χ0n) is 11.7. The van der Waals surface area contributed by atoms with Gasteiger partial charge in [-0.25, -0.2) is 0 Å².